The Kier molecular flexibility index (Phi) is 5.58. The van der Waals surface area contributed by atoms with E-state index in [4.69, 9.17) is 16.3 Å². The molecule has 0 unspecified atom stereocenters. The van der Waals surface area contributed by atoms with Gasteiger partial charge in [0.25, 0.3) is 5.91 Å². The first-order valence-electron chi connectivity index (χ1n) is 8.28. The topological polar surface area (TPSA) is 56.1 Å². The molecule has 3 rings (SSSR count). The van der Waals surface area contributed by atoms with Crippen LogP contribution in [0.5, 0.6) is 5.75 Å². The molecule has 0 spiro atoms. The number of carbonyl (C=O) groups is 1. The van der Waals surface area contributed by atoms with Gasteiger partial charge in [-0.25, -0.2) is 4.68 Å². The van der Waals surface area contributed by atoms with Crippen molar-refractivity contribution in [3.05, 3.63) is 82.1 Å². The highest BCUT2D eigenvalue weighted by atomic mass is 35.5. The molecular formula is C20H20ClN3O2. The van der Waals surface area contributed by atoms with Crippen LogP contribution in [0.15, 0.2) is 54.7 Å². The van der Waals surface area contributed by atoms with Gasteiger partial charge in [0, 0.05) is 17.8 Å². The van der Waals surface area contributed by atoms with Crippen LogP contribution in [0.4, 0.5) is 0 Å². The van der Waals surface area contributed by atoms with Crippen LogP contribution < -0.4 is 10.1 Å². The van der Waals surface area contributed by atoms with Gasteiger partial charge in [0.1, 0.15) is 11.4 Å². The Morgan fingerprint density at radius 3 is 2.54 bits per heavy atom. The standard InChI is InChI=1S/C20H20ClN3O2/c1-14-10-17(11-15(2)19(14)21)26-13-24-9-8-18(23-24)20(25)22-12-16-6-4-3-5-7-16/h3-11H,12-13H2,1-2H3,(H,22,25). The molecule has 26 heavy (non-hydrogen) atoms. The minimum atomic E-state index is -0.217. The number of ether oxygens (including phenoxy) is 1. The highest BCUT2D eigenvalue weighted by Gasteiger charge is 2.10. The van der Waals surface area contributed by atoms with E-state index in [1.54, 1.807) is 16.9 Å². The van der Waals surface area contributed by atoms with Crippen LogP contribution >= 0.6 is 11.6 Å². The first kappa shape index (κ1) is 18.0. The maximum Gasteiger partial charge on any atom is 0.272 e. The average Bonchev–Trinajstić information content (AvgIpc) is 3.12. The van der Waals surface area contributed by atoms with Crippen LogP contribution in [0.3, 0.4) is 0 Å². The summed E-state index contributed by atoms with van der Waals surface area (Å²) in [5.41, 5.74) is 3.32. The Bertz CT molecular complexity index is 883. The molecule has 5 nitrogen and oxygen atoms in total. The minimum absolute atomic E-state index is 0.215. The van der Waals surface area contributed by atoms with Gasteiger partial charge in [-0.1, -0.05) is 41.9 Å². The quantitative estimate of drug-likeness (QED) is 0.711. The number of amides is 1. The number of hydrogen-bond donors (Lipinski definition) is 1. The van der Waals surface area contributed by atoms with Gasteiger partial charge in [0.05, 0.1) is 0 Å². The molecule has 0 aliphatic rings. The molecule has 0 fully saturated rings. The smallest absolute Gasteiger partial charge is 0.272 e. The number of benzene rings is 2. The summed E-state index contributed by atoms with van der Waals surface area (Å²) in [5, 5.41) is 7.85. The molecule has 6 heteroatoms. The third kappa shape index (κ3) is 4.43. The zero-order valence-corrected chi connectivity index (χ0v) is 15.5. The summed E-state index contributed by atoms with van der Waals surface area (Å²) in [7, 11) is 0. The number of nitrogens with one attached hydrogen (secondary N) is 1. The van der Waals surface area contributed by atoms with Crippen molar-refractivity contribution in [1.29, 1.82) is 0 Å². The Hall–Kier alpha value is -2.79. The largest absolute Gasteiger partial charge is 0.471 e. The number of hydrogen-bond acceptors (Lipinski definition) is 3. The van der Waals surface area contributed by atoms with Gasteiger partial charge in [-0.15, -0.1) is 0 Å². The Morgan fingerprint density at radius 1 is 1.15 bits per heavy atom. The summed E-state index contributed by atoms with van der Waals surface area (Å²) in [6.45, 7) is 4.55. The van der Waals surface area contributed by atoms with Crippen molar-refractivity contribution in [3.63, 3.8) is 0 Å². The third-order valence-electron chi connectivity index (χ3n) is 3.94. The van der Waals surface area contributed by atoms with Gasteiger partial charge in [0.15, 0.2) is 6.73 Å². The molecule has 0 saturated heterocycles. The molecule has 0 aliphatic carbocycles. The molecular weight excluding hydrogens is 350 g/mol. The fourth-order valence-corrected chi connectivity index (χ4v) is 2.66. The second-order valence-corrected chi connectivity index (χ2v) is 6.43. The van der Waals surface area contributed by atoms with E-state index in [0.29, 0.717) is 12.2 Å². The minimum Gasteiger partial charge on any atom is -0.471 e. The van der Waals surface area contributed by atoms with Crippen molar-refractivity contribution in [1.82, 2.24) is 15.1 Å². The molecule has 0 saturated carbocycles. The van der Waals surface area contributed by atoms with Crippen LogP contribution in [-0.2, 0) is 13.3 Å². The van der Waals surface area contributed by atoms with E-state index < -0.39 is 0 Å². The van der Waals surface area contributed by atoms with Gasteiger partial charge in [-0.2, -0.15) is 5.10 Å². The highest BCUT2D eigenvalue weighted by molar-refractivity contribution is 6.32. The SMILES string of the molecule is Cc1cc(OCn2ccc(C(=O)NCc3ccccc3)n2)cc(C)c1Cl. The van der Waals surface area contributed by atoms with Crippen molar-refractivity contribution in [2.75, 3.05) is 0 Å². The van der Waals surface area contributed by atoms with E-state index in [9.17, 15) is 4.79 Å². The Morgan fingerprint density at radius 2 is 1.85 bits per heavy atom. The molecule has 0 radical (unpaired) electrons. The molecule has 1 heterocycles. The van der Waals surface area contributed by atoms with Gasteiger partial charge in [0.2, 0.25) is 0 Å². The first-order chi connectivity index (χ1) is 12.5. The van der Waals surface area contributed by atoms with E-state index in [0.717, 1.165) is 27.5 Å². The second kappa shape index (κ2) is 8.06. The summed E-state index contributed by atoms with van der Waals surface area (Å²) in [6, 6.07) is 15.2. The average molecular weight is 370 g/mol. The number of nitrogens with zero attached hydrogens (tertiary/aromatic N) is 2. The van der Waals surface area contributed by atoms with E-state index in [2.05, 4.69) is 10.4 Å². The first-order valence-corrected chi connectivity index (χ1v) is 8.66. The fraction of sp³-hybridized carbons (Fsp3) is 0.200. The Labute approximate surface area is 157 Å². The predicted octanol–water partition coefficient (Wildman–Crippen LogP) is 4.12. The molecule has 134 valence electrons. The van der Waals surface area contributed by atoms with Crippen LogP contribution in [0.25, 0.3) is 0 Å². The monoisotopic (exact) mass is 369 g/mol. The van der Waals surface area contributed by atoms with Crippen molar-refractivity contribution in [3.8, 4) is 5.75 Å². The molecule has 0 atom stereocenters. The molecule has 2 aromatic carbocycles. The van der Waals surface area contributed by atoms with E-state index in [1.807, 2.05) is 56.3 Å². The number of halogens is 1. The number of carbonyl (C=O) groups excluding carboxylic acids is 1. The van der Waals surface area contributed by atoms with E-state index in [-0.39, 0.29) is 12.6 Å². The van der Waals surface area contributed by atoms with Gasteiger partial charge in [-0.05, 0) is 48.7 Å². The lowest BCUT2D eigenvalue weighted by molar-refractivity contribution is 0.0944. The molecule has 1 amide bonds. The van der Waals surface area contributed by atoms with Gasteiger partial charge in [-0.3, -0.25) is 4.79 Å². The molecule has 0 aliphatic heterocycles. The second-order valence-electron chi connectivity index (χ2n) is 6.05. The lowest BCUT2D eigenvalue weighted by Crippen LogP contribution is -2.23. The molecule has 1 N–H and O–H groups in total. The van der Waals surface area contributed by atoms with Crippen molar-refractivity contribution in [2.24, 2.45) is 0 Å². The zero-order chi connectivity index (χ0) is 18.5. The maximum absolute atomic E-state index is 12.2. The summed E-state index contributed by atoms with van der Waals surface area (Å²) in [6.07, 6.45) is 1.72. The number of aryl methyl sites for hydroxylation is 2. The third-order valence-corrected chi connectivity index (χ3v) is 4.54. The summed E-state index contributed by atoms with van der Waals surface area (Å²) in [5.74, 6) is 0.501. The molecule has 1 aromatic heterocycles. The number of aromatic nitrogens is 2. The fourth-order valence-electron chi connectivity index (χ4n) is 2.55. The number of rotatable bonds is 6. The molecule has 0 bridgehead atoms. The van der Waals surface area contributed by atoms with Crippen LogP contribution in [0, 0.1) is 13.8 Å². The van der Waals surface area contributed by atoms with Crippen molar-refractivity contribution >= 4 is 17.5 Å². The summed E-state index contributed by atoms with van der Waals surface area (Å²) >= 11 is 6.16. The molecule has 3 aromatic rings. The van der Waals surface area contributed by atoms with Gasteiger partial charge < -0.3 is 10.1 Å². The highest BCUT2D eigenvalue weighted by Crippen LogP contribution is 2.25. The van der Waals surface area contributed by atoms with Crippen LogP contribution in [0.1, 0.15) is 27.2 Å². The van der Waals surface area contributed by atoms with Gasteiger partial charge >= 0.3 is 0 Å². The summed E-state index contributed by atoms with van der Waals surface area (Å²) in [4.78, 5) is 12.2. The predicted molar refractivity (Wildman–Crippen MR) is 101 cm³/mol. The maximum atomic E-state index is 12.2. The van der Waals surface area contributed by atoms with Crippen molar-refractivity contribution < 1.29 is 9.53 Å². The van der Waals surface area contributed by atoms with Crippen LogP contribution in [-0.4, -0.2) is 15.7 Å². The van der Waals surface area contributed by atoms with Crippen LogP contribution in [0.2, 0.25) is 5.02 Å². The lowest BCUT2D eigenvalue weighted by Gasteiger charge is -2.10. The zero-order valence-electron chi connectivity index (χ0n) is 14.7. The Balaban J connectivity index is 1.57. The van der Waals surface area contributed by atoms with E-state index >= 15 is 0 Å². The lowest BCUT2D eigenvalue weighted by atomic mass is 10.1. The van der Waals surface area contributed by atoms with E-state index in [1.165, 1.54) is 0 Å². The normalized spacial score (nSPS) is 10.6. The summed E-state index contributed by atoms with van der Waals surface area (Å²) < 4.78 is 7.32. The van der Waals surface area contributed by atoms with Crippen molar-refractivity contribution in [2.45, 2.75) is 27.1 Å².